The van der Waals surface area contributed by atoms with Gasteiger partial charge in [-0.2, -0.15) is 5.26 Å². The van der Waals surface area contributed by atoms with Crippen LogP contribution in [-0.2, 0) is 9.53 Å². The first-order valence-electron chi connectivity index (χ1n) is 8.37. The Morgan fingerprint density at radius 2 is 1.85 bits per heavy atom. The molecule has 0 aliphatic carbocycles. The average Bonchev–Trinajstić information content (AvgIpc) is 2.67. The molecule has 6 heteroatoms. The molecule has 27 heavy (non-hydrogen) atoms. The number of fused-ring (bicyclic) bond motifs is 1. The molecule has 2 aromatic carbocycles. The van der Waals surface area contributed by atoms with Crippen LogP contribution in [0.1, 0.15) is 28.5 Å². The number of hydrogen-bond acceptors (Lipinski definition) is 5. The number of carbonyl (C=O) groups excluding carboxylic acids is 2. The number of hydrogen-bond donors (Lipinski definition) is 1. The molecule has 1 heterocycles. The van der Waals surface area contributed by atoms with Gasteiger partial charge in [0.15, 0.2) is 6.10 Å². The molecule has 0 aliphatic heterocycles. The van der Waals surface area contributed by atoms with Crippen molar-refractivity contribution in [3.63, 3.8) is 0 Å². The maximum absolute atomic E-state index is 12.6. The minimum atomic E-state index is -1.03. The van der Waals surface area contributed by atoms with E-state index in [2.05, 4.69) is 10.3 Å². The van der Waals surface area contributed by atoms with Crippen molar-refractivity contribution < 1.29 is 14.3 Å². The predicted molar refractivity (Wildman–Crippen MR) is 101 cm³/mol. The molecule has 0 unspecified atom stereocenters. The SMILES string of the molecule is Cc1cc(C(=O)O[C@H](C)C(=O)Nc2ccccc2C#N)c2ccccc2n1. The van der Waals surface area contributed by atoms with Crippen molar-refractivity contribution >= 4 is 28.5 Å². The van der Waals surface area contributed by atoms with Crippen molar-refractivity contribution in [3.05, 3.63) is 71.4 Å². The van der Waals surface area contributed by atoms with Gasteiger partial charge in [0.2, 0.25) is 0 Å². The van der Waals surface area contributed by atoms with Crippen LogP contribution in [0, 0.1) is 18.3 Å². The molecule has 0 bridgehead atoms. The Hall–Kier alpha value is -3.72. The van der Waals surface area contributed by atoms with Gasteiger partial charge in [0.1, 0.15) is 6.07 Å². The maximum atomic E-state index is 12.6. The Morgan fingerprint density at radius 3 is 2.63 bits per heavy atom. The van der Waals surface area contributed by atoms with Crippen LogP contribution in [0.5, 0.6) is 0 Å². The zero-order chi connectivity index (χ0) is 19.4. The second-order valence-electron chi connectivity index (χ2n) is 6.02. The van der Waals surface area contributed by atoms with Gasteiger partial charge in [-0.25, -0.2) is 4.79 Å². The molecule has 0 spiro atoms. The quantitative estimate of drug-likeness (QED) is 0.719. The number of carbonyl (C=O) groups is 2. The molecular formula is C21H17N3O3. The first kappa shape index (κ1) is 18.1. The normalized spacial score (nSPS) is 11.4. The van der Waals surface area contributed by atoms with Crippen LogP contribution in [0.2, 0.25) is 0 Å². The highest BCUT2D eigenvalue weighted by Crippen LogP contribution is 2.20. The standard InChI is InChI=1S/C21H17N3O3/c1-13-11-17(16-8-4-6-10-19(16)23-13)21(26)27-14(2)20(25)24-18-9-5-3-7-15(18)12-22/h3-11,14H,1-2H3,(H,24,25)/t14-/m1/s1. The number of ether oxygens (including phenoxy) is 1. The van der Waals surface area contributed by atoms with E-state index >= 15 is 0 Å². The summed E-state index contributed by atoms with van der Waals surface area (Å²) < 4.78 is 5.35. The molecule has 1 amide bonds. The second-order valence-corrected chi connectivity index (χ2v) is 6.02. The number of nitrogens with zero attached hydrogens (tertiary/aromatic N) is 2. The molecule has 3 rings (SSSR count). The van der Waals surface area contributed by atoms with Crippen LogP contribution in [-0.4, -0.2) is 23.0 Å². The van der Waals surface area contributed by atoms with Crippen LogP contribution in [0.25, 0.3) is 10.9 Å². The lowest BCUT2D eigenvalue weighted by molar-refractivity contribution is -0.123. The van der Waals surface area contributed by atoms with Gasteiger partial charge in [0.25, 0.3) is 5.91 Å². The highest BCUT2D eigenvalue weighted by atomic mass is 16.5. The molecule has 134 valence electrons. The van der Waals surface area contributed by atoms with E-state index in [-0.39, 0.29) is 0 Å². The first-order chi connectivity index (χ1) is 13.0. The molecule has 0 saturated carbocycles. The number of nitrogens with one attached hydrogen (secondary N) is 1. The van der Waals surface area contributed by atoms with Crippen molar-refractivity contribution in [3.8, 4) is 6.07 Å². The number of nitriles is 1. The van der Waals surface area contributed by atoms with E-state index < -0.39 is 18.0 Å². The summed E-state index contributed by atoms with van der Waals surface area (Å²) >= 11 is 0. The summed E-state index contributed by atoms with van der Waals surface area (Å²) in [5.41, 5.74) is 2.43. The van der Waals surface area contributed by atoms with Crippen molar-refractivity contribution in [1.29, 1.82) is 5.26 Å². The lowest BCUT2D eigenvalue weighted by Crippen LogP contribution is -2.30. The molecule has 0 aliphatic rings. The van der Waals surface area contributed by atoms with E-state index in [1.54, 1.807) is 43.3 Å². The molecule has 1 atom stereocenters. The Labute approximate surface area is 156 Å². The van der Waals surface area contributed by atoms with Crippen molar-refractivity contribution in [2.45, 2.75) is 20.0 Å². The summed E-state index contributed by atoms with van der Waals surface area (Å²) in [7, 11) is 0. The minimum Gasteiger partial charge on any atom is -0.449 e. The van der Waals surface area contributed by atoms with Gasteiger partial charge in [-0.15, -0.1) is 0 Å². The van der Waals surface area contributed by atoms with E-state index in [0.29, 0.717) is 33.4 Å². The van der Waals surface area contributed by atoms with Crippen molar-refractivity contribution in [2.75, 3.05) is 5.32 Å². The van der Waals surface area contributed by atoms with E-state index in [4.69, 9.17) is 10.00 Å². The minimum absolute atomic E-state index is 0.333. The Morgan fingerprint density at radius 1 is 1.15 bits per heavy atom. The van der Waals surface area contributed by atoms with Gasteiger partial charge in [-0.1, -0.05) is 30.3 Å². The second kappa shape index (κ2) is 7.67. The van der Waals surface area contributed by atoms with E-state index in [0.717, 1.165) is 0 Å². The lowest BCUT2D eigenvalue weighted by Gasteiger charge is -2.15. The fraction of sp³-hybridized carbons (Fsp3) is 0.143. The summed E-state index contributed by atoms with van der Waals surface area (Å²) in [6.45, 7) is 3.27. The van der Waals surface area contributed by atoms with Gasteiger partial charge in [-0.05, 0) is 38.1 Å². The predicted octanol–water partition coefficient (Wildman–Crippen LogP) is 3.60. The number of rotatable bonds is 4. The number of aromatic nitrogens is 1. The number of esters is 1. The molecular weight excluding hydrogens is 342 g/mol. The van der Waals surface area contributed by atoms with Crippen LogP contribution in [0.15, 0.2) is 54.6 Å². The molecule has 3 aromatic rings. The first-order valence-corrected chi connectivity index (χ1v) is 8.37. The summed E-state index contributed by atoms with van der Waals surface area (Å²) in [5, 5.41) is 12.4. The van der Waals surface area contributed by atoms with E-state index in [1.165, 1.54) is 6.92 Å². The molecule has 1 N–H and O–H groups in total. The smallest absolute Gasteiger partial charge is 0.339 e. The van der Waals surface area contributed by atoms with E-state index in [9.17, 15) is 9.59 Å². The van der Waals surface area contributed by atoms with Gasteiger partial charge in [0.05, 0.1) is 22.3 Å². The molecule has 1 aromatic heterocycles. The third-order valence-corrected chi connectivity index (χ3v) is 4.02. The fourth-order valence-corrected chi connectivity index (χ4v) is 2.68. The Kier molecular flexibility index (Phi) is 5.13. The third-order valence-electron chi connectivity index (χ3n) is 4.02. The lowest BCUT2D eigenvalue weighted by atomic mass is 10.1. The summed E-state index contributed by atoms with van der Waals surface area (Å²) in [6.07, 6.45) is -1.03. The van der Waals surface area contributed by atoms with Gasteiger partial charge in [-0.3, -0.25) is 9.78 Å². The van der Waals surface area contributed by atoms with E-state index in [1.807, 2.05) is 24.3 Å². The number of aryl methyl sites for hydroxylation is 1. The van der Waals surface area contributed by atoms with Crippen LogP contribution >= 0.6 is 0 Å². The van der Waals surface area contributed by atoms with Crippen LogP contribution < -0.4 is 5.32 Å². The Balaban J connectivity index is 1.78. The Bertz CT molecular complexity index is 1070. The van der Waals surface area contributed by atoms with Crippen LogP contribution in [0.3, 0.4) is 0 Å². The zero-order valence-corrected chi connectivity index (χ0v) is 14.9. The molecule has 0 saturated heterocycles. The number of para-hydroxylation sites is 2. The monoisotopic (exact) mass is 359 g/mol. The van der Waals surface area contributed by atoms with Gasteiger partial charge >= 0.3 is 5.97 Å². The largest absolute Gasteiger partial charge is 0.449 e. The molecule has 0 fully saturated rings. The highest BCUT2D eigenvalue weighted by molar-refractivity contribution is 6.05. The number of anilines is 1. The average molecular weight is 359 g/mol. The van der Waals surface area contributed by atoms with Crippen LogP contribution in [0.4, 0.5) is 5.69 Å². The van der Waals surface area contributed by atoms with Gasteiger partial charge < -0.3 is 10.1 Å². The van der Waals surface area contributed by atoms with Crippen molar-refractivity contribution in [2.24, 2.45) is 0 Å². The van der Waals surface area contributed by atoms with Gasteiger partial charge in [0, 0.05) is 11.1 Å². The fourth-order valence-electron chi connectivity index (χ4n) is 2.68. The topological polar surface area (TPSA) is 92.1 Å². The summed E-state index contributed by atoms with van der Waals surface area (Å²) in [4.78, 5) is 29.4. The third kappa shape index (κ3) is 3.93. The molecule has 6 nitrogen and oxygen atoms in total. The number of amides is 1. The number of pyridine rings is 1. The number of benzene rings is 2. The highest BCUT2D eigenvalue weighted by Gasteiger charge is 2.21. The summed E-state index contributed by atoms with van der Waals surface area (Å²) in [6, 6.07) is 17.5. The molecule has 0 radical (unpaired) electrons. The maximum Gasteiger partial charge on any atom is 0.339 e. The van der Waals surface area contributed by atoms with Crippen molar-refractivity contribution in [1.82, 2.24) is 4.98 Å². The zero-order valence-electron chi connectivity index (χ0n) is 14.9. The summed E-state index contributed by atoms with van der Waals surface area (Å²) in [5.74, 6) is -1.12.